The molecular weight excluding hydrogens is 721 g/mol. The van der Waals surface area contributed by atoms with Crippen molar-refractivity contribution in [2.75, 3.05) is 0 Å². The van der Waals surface area contributed by atoms with Gasteiger partial charge >= 0.3 is 237 Å². The standard InChI is InChI=1S/C50H44BN3O2.C3H6/c1-5-18-40(31-37(8-4)36(7-3)23-17-30-53-44(39-21-13-10-14-22-39)32-43(52)38-19-11-9-12-20-38)54-45-28-26-35(6-2)33-51-34-42(45)41-27-29-48-50(49(41)54)56-47-25-16-15-24-46(47)55-48;1-3-2/h6-33,52H,4-5,34H2,1-3H3;3H,1H2,2H3/b23-17+,28-26-,35-6-,36-7+,37-31+,40-18+,44-32-,52-43?,53-30+;. The van der Waals surface area contributed by atoms with Gasteiger partial charge in [-0.1, -0.05) is 66.7 Å². The van der Waals surface area contributed by atoms with Crippen LogP contribution in [0.1, 0.15) is 56.5 Å². The monoisotopic (exact) mass is 771 g/mol. The number of ether oxygens (including phenoxy) is 2. The summed E-state index contributed by atoms with van der Waals surface area (Å²) in [6.45, 7) is 18.0. The van der Waals surface area contributed by atoms with E-state index in [9.17, 15) is 0 Å². The summed E-state index contributed by atoms with van der Waals surface area (Å²) in [5, 5.41) is 9.85. The van der Waals surface area contributed by atoms with Gasteiger partial charge in [-0.3, -0.25) is 0 Å². The predicted octanol–water partition coefficient (Wildman–Crippen LogP) is 13.8. The van der Waals surface area contributed by atoms with Crippen molar-refractivity contribution in [1.29, 1.82) is 5.41 Å². The summed E-state index contributed by atoms with van der Waals surface area (Å²) in [5.41, 5.74) is 10.2. The number of aliphatic imine (C=N–C) groups is 1. The Balaban J connectivity index is 0.00000189. The molecular formula is C53H50BN3O2. The minimum atomic E-state index is 0.396. The van der Waals surface area contributed by atoms with E-state index in [0.29, 0.717) is 34.4 Å². The molecule has 0 fully saturated rings. The molecule has 59 heavy (non-hydrogen) atoms. The van der Waals surface area contributed by atoms with Crippen molar-refractivity contribution in [2.24, 2.45) is 4.99 Å². The summed E-state index contributed by atoms with van der Waals surface area (Å²) < 4.78 is 15.4. The average Bonchev–Trinajstić information content (AvgIpc) is 3.57. The van der Waals surface area contributed by atoms with Crippen LogP contribution in [0.25, 0.3) is 28.4 Å². The van der Waals surface area contributed by atoms with E-state index in [4.69, 9.17) is 19.9 Å². The third-order valence-corrected chi connectivity index (χ3v) is 9.72. The van der Waals surface area contributed by atoms with E-state index in [1.54, 1.807) is 12.3 Å². The predicted molar refractivity (Wildman–Crippen MR) is 255 cm³/mol. The molecule has 0 bridgehead atoms. The molecule has 7 rings (SSSR count). The molecule has 1 aromatic heterocycles. The second-order valence-corrected chi connectivity index (χ2v) is 13.7. The Kier molecular flexibility index (Phi) is 14.4. The van der Waals surface area contributed by atoms with Crippen LogP contribution >= 0.6 is 0 Å². The number of rotatable bonds is 11. The zero-order chi connectivity index (χ0) is 41.6. The quantitative estimate of drug-likeness (QED) is 0.0617. The van der Waals surface area contributed by atoms with Gasteiger partial charge in [0.05, 0.1) is 11.4 Å². The maximum atomic E-state index is 8.73. The Morgan fingerprint density at radius 2 is 1.49 bits per heavy atom. The molecule has 0 radical (unpaired) electrons. The van der Waals surface area contributed by atoms with E-state index in [-0.39, 0.29) is 0 Å². The second-order valence-electron chi connectivity index (χ2n) is 13.7. The molecule has 0 unspecified atom stereocenters. The Bertz CT molecular complexity index is 2630. The van der Waals surface area contributed by atoms with E-state index < -0.39 is 0 Å². The number of nitrogens with zero attached hydrogens (tertiary/aromatic N) is 2. The topological polar surface area (TPSA) is 59.6 Å². The van der Waals surface area contributed by atoms with Gasteiger partial charge in [0.15, 0.2) is 0 Å². The van der Waals surface area contributed by atoms with Gasteiger partial charge in [-0.25, -0.2) is 0 Å². The van der Waals surface area contributed by atoms with E-state index in [1.807, 2.05) is 129 Å². The summed E-state index contributed by atoms with van der Waals surface area (Å²) in [6, 6.07) is 31.6. The van der Waals surface area contributed by atoms with Crippen LogP contribution in [0, 0.1) is 5.41 Å². The SMILES string of the molecule is C=CC.C=CC(=C\C(=C/CC)n1c2c(c3ccc4c(c31)Oc1ccccc1O4)CB=CC(=C\C)/C=C\2)/C(/C=C/C=N/C(=C\C(=N)c1ccccc1)c1ccccc1)=C/C. The fraction of sp³-hybridized carbons (Fsp3) is 0.113. The van der Waals surface area contributed by atoms with Crippen LogP contribution in [0.4, 0.5) is 0 Å². The van der Waals surface area contributed by atoms with Gasteiger partial charge < -0.3 is 5.41 Å². The van der Waals surface area contributed by atoms with Crippen molar-refractivity contribution >= 4 is 53.2 Å². The van der Waals surface area contributed by atoms with Gasteiger partial charge in [-0.05, 0) is 18.6 Å². The Morgan fingerprint density at radius 1 is 0.814 bits per heavy atom. The Morgan fingerprint density at radius 3 is 2.15 bits per heavy atom. The first kappa shape index (κ1) is 41.6. The average molecular weight is 772 g/mol. The maximum absolute atomic E-state index is 8.73. The normalized spacial score (nSPS) is 15.2. The van der Waals surface area contributed by atoms with Crippen molar-refractivity contribution in [3.8, 4) is 23.0 Å². The van der Waals surface area contributed by atoms with Crippen LogP contribution in [0.5, 0.6) is 23.0 Å². The Hall–Kier alpha value is -7.05. The summed E-state index contributed by atoms with van der Waals surface area (Å²) >= 11 is 0. The number of hydrogen-bond acceptors (Lipinski definition) is 4. The van der Waals surface area contributed by atoms with Crippen molar-refractivity contribution < 1.29 is 9.47 Å². The number of nitrogens with one attached hydrogen (secondary N) is 1. The van der Waals surface area contributed by atoms with E-state index >= 15 is 0 Å². The zero-order valence-electron chi connectivity index (χ0n) is 34.4. The van der Waals surface area contributed by atoms with Crippen molar-refractivity contribution in [2.45, 2.75) is 40.4 Å². The molecule has 2 aliphatic heterocycles. The second kappa shape index (κ2) is 20.4. The zero-order valence-corrected chi connectivity index (χ0v) is 34.4. The molecule has 5 nitrogen and oxygen atoms in total. The number of benzene rings is 4. The van der Waals surface area contributed by atoms with Gasteiger partial charge in [-0.2, -0.15) is 0 Å². The fourth-order valence-electron chi connectivity index (χ4n) is 6.95. The van der Waals surface area contributed by atoms with Gasteiger partial charge in [0.2, 0.25) is 0 Å². The number of aromatic nitrogens is 1. The summed E-state index contributed by atoms with van der Waals surface area (Å²) in [5.74, 6) is 4.93. The number of allylic oxidation sites excluding steroid dienone is 14. The molecule has 3 heterocycles. The number of para-hydroxylation sites is 2. The molecule has 6 heteroatoms. The molecule has 4 aromatic carbocycles. The molecule has 1 N–H and O–H groups in total. The first-order valence-electron chi connectivity index (χ1n) is 20.0. The van der Waals surface area contributed by atoms with Crippen LogP contribution in [-0.4, -0.2) is 29.4 Å². The van der Waals surface area contributed by atoms with Crippen molar-refractivity contribution in [3.05, 3.63) is 210 Å². The third-order valence-electron chi connectivity index (χ3n) is 9.72. The molecule has 5 aromatic rings. The molecule has 0 aliphatic carbocycles. The van der Waals surface area contributed by atoms with Crippen LogP contribution in [0.2, 0.25) is 0 Å². The molecule has 2 aliphatic rings. The molecule has 0 saturated heterocycles. The summed E-state index contributed by atoms with van der Waals surface area (Å²) in [4.78, 5) is 4.83. The molecule has 0 amide bonds. The van der Waals surface area contributed by atoms with Crippen molar-refractivity contribution in [1.82, 2.24) is 4.57 Å². The fourth-order valence-corrected chi connectivity index (χ4v) is 6.95. The molecule has 0 spiro atoms. The van der Waals surface area contributed by atoms with Crippen LogP contribution in [0.15, 0.2) is 193 Å². The third kappa shape index (κ3) is 9.74. The number of hydrogen-bond donors (Lipinski definition) is 1. The number of fused-ring (bicyclic) bond motifs is 6. The van der Waals surface area contributed by atoms with Gasteiger partial charge in [0.25, 0.3) is 0 Å². The summed E-state index contributed by atoms with van der Waals surface area (Å²) in [7, 11) is 0. The van der Waals surface area contributed by atoms with Crippen LogP contribution < -0.4 is 9.47 Å². The van der Waals surface area contributed by atoms with Gasteiger partial charge in [-0.15, -0.1) is 6.58 Å². The molecule has 292 valence electrons. The van der Waals surface area contributed by atoms with Crippen LogP contribution in [0.3, 0.4) is 0 Å². The first-order valence-corrected chi connectivity index (χ1v) is 20.0. The summed E-state index contributed by atoms with van der Waals surface area (Å²) in [6.07, 6.45) is 25.8. The first-order chi connectivity index (χ1) is 28.9. The van der Waals surface area contributed by atoms with E-state index in [1.165, 1.54) is 5.56 Å². The minimum absolute atomic E-state index is 0.396. The van der Waals surface area contributed by atoms with Crippen molar-refractivity contribution in [3.63, 3.8) is 0 Å². The van der Waals surface area contributed by atoms with Crippen LogP contribution in [-0.2, 0) is 6.32 Å². The van der Waals surface area contributed by atoms with E-state index in [2.05, 4.69) is 87.0 Å². The molecule has 0 saturated carbocycles. The van der Waals surface area contributed by atoms with Gasteiger partial charge in [0, 0.05) is 5.56 Å². The Labute approximate surface area is 349 Å². The van der Waals surface area contributed by atoms with Gasteiger partial charge in [0.1, 0.15) is 0 Å². The van der Waals surface area contributed by atoms with E-state index in [0.717, 1.165) is 62.9 Å². The molecule has 0 atom stereocenters.